The molecule has 1 fully saturated rings. The van der Waals surface area contributed by atoms with E-state index in [0.717, 1.165) is 13.2 Å². The summed E-state index contributed by atoms with van der Waals surface area (Å²) in [6, 6.07) is 0. The van der Waals surface area contributed by atoms with Crippen molar-refractivity contribution in [3.63, 3.8) is 0 Å². The molecule has 4 nitrogen and oxygen atoms in total. The van der Waals surface area contributed by atoms with Gasteiger partial charge in [0.05, 0.1) is 19.8 Å². The van der Waals surface area contributed by atoms with Crippen LogP contribution in [0.5, 0.6) is 0 Å². The molecule has 1 N–H and O–H groups in total. The molecule has 0 aromatic rings. The molecule has 9 heavy (non-hydrogen) atoms. The molecule has 0 spiro atoms. The van der Waals surface area contributed by atoms with Crippen molar-refractivity contribution in [1.29, 1.82) is 0 Å². The number of hydrogen-bond acceptors (Lipinski definition) is 3. The first kappa shape index (κ1) is 6.51. The van der Waals surface area contributed by atoms with Crippen LogP contribution in [0.2, 0.25) is 0 Å². The number of hydrogen-bond donors (Lipinski definition) is 1. The van der Waals surface area contributed by atoms with Gasteiger partial charge >= 0.3 is 0 Å². The van der Waals surface area contributed by atoms with Crippen molar-refractivity contribution < 1.29 is 14.4 Å². The Labute approximate surface area is 53.1 Å². The molecule has 0 radical (unpaired) electrons. The molecule has 0 unspecified atom stereocenters. The summed E-state index contributed by atoms with van der Waals surface area (Å²) < 4.78 is 4.87. The molecule has 0 aliphatic carbocycles. The minimum Gasteiger partial charge on any atom is -0.381 e. The third kappa shape index (κ3) is 1.99. The van der Waals surface area contributed by atoms with Gasteiger partial charge in [0.25, 0.3) is 0 Å². The highest BCUT2D eigenvalue weighted by Crippen LogP contribution is 2.08. The Morgan fingerprint density at radius 3 is 3.00 bits per heavy atom. The van der Waals surface area contributed by atoms with Crippen LogP contribution in [0.3, 0.4) is 0 Å². The second-order valence-electron chi connectivity index (χ2n) is 1.95. The lowest BCUT2D eigenvalue weighted by Crippen LogP contribution is -2.33. The van der Waals surface area contributed by atoms with E-state index in [-0.39, 0.29) is 0 Å². The molecule has 52 valence electrons. The molecule has 1 heterocycles. The topological polar surface area (TPSA) is 47.6 Å². The SMILES string of the molecule is O=CNOCC1COC1. The van der Waals surface area contributed by atoms with E-state index in [2.05, 4.69) is 10.3 Å². The number of rotatable bonds is 4. The number of nitrogens with one attached hydrogen (secondary N) is 1. The fourth-order valence-corrected chi connectivity index (χ4v) is 0.581. The Kier molecular flexibility index (Phi) is 2.48. The summed E-state index contributed by atoms with van der Waals surface area (Å²) in [5, 5.41) is 0. The minimum atomic E-state index is 0.470. The van der Waals surface area contributed by atoms with Gasteiger partial charge in [-0.25, -0.2) is 5.48 Å². The maximum absolute atomic E-state index is 9.63. The first-order valence-corrected chi connectivity index (χ1v) is 2.82. The van der Waals surface area contributed by atoms with Crippen molar-refractivity contribution in [2.75, 3.05) is 19.8 Å². The fraction of sp³-hybridized carbons (Fsp3) is 0.800. The van der Waals surface area contributed by atoms with Gasteiger partial charge < -0.3 is 4.74 Å². The Morgan fingerprint density at radius 2 is 2.56 bits per heavy atom. The molecular formula is C5H9NO3. The molecule has 1 rings (SSSR count). The number of carbonyl (C=O) groups excluding carboxylic acids is 1. The van der Waals surface area contributed by atoms with E-state index < -0.39 is 0 Å². The average molecular weight is 131 g/mol. The Morgan fingerprint density at radius 1 is 1.78 bits per heavy atom. The highest BCUT2D eigenvalue weighted by atomic mass is 16.7. The van der Waals surface area contributed by atoms with E-state index in [1.54, 1.807) is 0 Å². The lowest BCUT2D eigenvalue weighted by molar-refractivity contribution is -0.129. The van der Waals surface area contributed by atoms with Gasteiger partial charge in [0.2, 0.25) is 6.41 Å². The quantitative estimate of drug-likeness (QED) is 0.312. The van der Waals surface area contributed by atoms with Gasteiger partial charge in [-0.05, 0) is 0 Å². The Bertz CT molecular complexity index is 92.2. The van der Waals surface area contributed by atoms with Crippen LogP contribution >= 0.6 is 0 Å². The molecule has 0 bridgehead atoms. The third-order valence-electron chi connectivity index (χ3n) is 1.16. The molecule has 1 aliphatic rings. The Hall–Kier alpha value is -0.610. The van der Waals surface area contributed by atoms with Gasteiger partial charge in [-0.3, -0.25) is 9.63 Å². The van der Waals surface area contributed by atoms with Gasteiger partial charge in [0.15, 0.2) is 0 Å². The minimum absolute atomic E-state index is 0.470. The second-order valence-corrected chi connectivity index (χ2v) is 1.95. The summed E-state index contributed by atoms with van der Waals surface area (Å²) in [5.74, 6) is 0.470. The molecule has 4 heteroatoms. The third-order valence-corrected chi connectivity index (χ3v) is 1.16. The lowest BCUT2D eigenvalue weighted by Gasteiger charge is -2.24. The van der Waals surface area contributed by atoms with Crippen LogP contribution in [0.25, 0.3) is 0 Å². The van der Waals surface area contributed by atoms with Crippen LogP contribution in [-0.2, 0) is 14.4 Å². The zero-order valence-corrected chi connectivity index (χ0v) is 5.00. The highest BCUT2D eigenvalue weighted by Gasteiger charge is 2.17. The molecule has 0 atom stereocenters. The van der Waals surface area contributed by atoms with Crippen LogP contribution in [0.1, 0.15) is 0 Å². The van der Waals surface area contributed by atoms with Crippen LogP contribution in [0, 0.1) is 5.92 Å². The van der Waals surface area contributed by atoms with Gasteiger partial charge in [-0.1, -0.05) is 0 Å². The van der Waals surface area contributed by atoms with Gasteiger partial charge in [-0.15, -0.1) is 0 Å². The van der Waals surface area contributed by atoms with Crippen LogP contribution in [-0.4, -0.2) is 26.2 Å². The predicted molar refractivity (Wildman–Crippen MR) is 29.5 cm³/mol. The van der Waals surface area contributed by atoms with Crippen molar-refractivity contribution in [2.24, 2.45) is 5.92 Å². The smallest absolute Gasteiger partial charge is 0.230 e. The summed E-state index contributed by atoms with van der Waals surface area (Å²) in [6.07, 6.45) is 0.513. The lowest BCUT2D eigenvalue weighted by atomic mass is 10.1. The highest BCUT2D eigenvalue weighted by molar-refractivity contribution is 5.43. The van der Waals surface area contributed by atoms with Crippen LogP contribution in [0.4, 0.5) is 0 Å². The largest absolute Gasteiger partial charge is 0.381 e. The first-order chi connectivity index (χ1) is 4.43. The zero-order chi connectivity index (χ0) is 6.53. The average Bonchev–Trinajstić information content (AvgIpc) is 1.76. The molecule has 0 aromatic heterocycles. The summed E-state index contributed by atoms with van der Waals surface area (Å²) in [7, 11) is 0. The van der Waals surface area contributed by atoms with Crippen molar-refractivity contribution in [1.82, 2.24) is 5.48 Å². The van der Waals surface area contributed by atoms with Gasteiger partial charge in [0, 0.05) is 5.92 Å². The van der Waals surface area contributed by atoms with Gasteiger partial charge in [0.1, 0.15) is 0 Å². The van der Waals surface area contributed by atoms with E-state index in [4.69, 9.17) is 4.74 Å². The molecular weight excluding hydrogens is 122 g/mol. The Balaban J connectivity index is 1.85. The van der Waals surface area contributed by atoms with E-state index in [0.29, 0.717) is 18.9 Å². The second kappa shape index (κ2) is 3.42. The number of hydroxylamine groups is 1. The van der Waals surface area contributed by atoms with Crippen molar-refractivity contribution in [3.05, 3.63) is 0 Å². The summed E-state index contributed by atoms with van der Waals surface area (Å²) >= 11 is 0. The number of ether oxygens (including phenoxy) is 1. The van der Waals surface area contributed by atoms with E-state index >= 15 is 0 Å². The summed E-state index contributed by atoms with van der Waals surface area (Å²) in [4.78, 5) is 14.3. The summed E-state index contributed by atoms with van der Waals surface area (Å²) in [6.45, 7) is 2.06. The molecule has 1 amide bonds. The van der Waals surface area contributed by atoms with E-state index in [1.807, 2.05) is 0 Å². The first-order valence-electron chi connectivity index (χ1n) is 2.82. The zero-order valence-electron chi connectivity index (χ0n) is 5.00. The van der Waals surface area contributed by atoms with Crippen LogP contribution in [0.15, 0.2) is 0 Å². The maximum atomic E-state index is 9.63. The van der Waals surface area contributed by atoms with Gasteiger partial charge in [-0.2, -0.15) is 0 Å². The van der Waals surface area contributed by atoms with E-state index in [1.165, 1.54) is 0 Å². The summed E-state index contributed by atoms with van der Waals surface area (Å²) in [5.41, 5.74) is 2.11. The number of carbonyl (C=O) groups is 1. The van der Waals surface area contributed by atoms with E-state index in [9.17, 15) is 4.79 Å². The molecule has 0 saturated carbocycles. The monoisotopic (exact) mass is 131 g/mol. The number of amides is 1. The molecule has 0 aromatic carbocycles. The maximum Gasteiger partial charge on any atom is 0.230 e. The van der Waals surface area contributed by atoms with Crippen molar-refractivity contribution in [2.45, 2.75) is 0 Å². The van der Waals surface area contributed by atoms with Crippen molar-refractivity contribution in [3.8, 4) is 0 Å². The van der Waals surface area contributed by atoms with Crippen molar-refractivity contribution >= 4 is 6.41 Å². The predicted octanol–water partition coefficient (Wildman–Crippen LogP) is -0.690. The standard InChI is InChI=1S/C5H9NO3/c7-4-6-9-3-5-1-8-2-5/h4-5H,1-3H2,(H,6,7). The van der Waals surface area contributed by atoms with Crippen LogP contribution < -0.4 is 5.48 Å². The fourth-order valence-electron chi connectivity index (χ4n) is 0.581. The molecule has 1 aliphatic heterocycles. The molecule has 1 saturated heterocycles. The normalized spacial score (nSPS) is 18.7.